The van der Waals surface area contributed by atoms with Crippen molar-refractivity contribution in [3.05, 3.63) is 197 Å². The summed E-state index contributed by atoms with van der Waals surface area (Å²) in [5.41, 5.74) is 7.04. The Bertz CT molecular complexity index is 4320. The van der Waals surface area contributed by atoms with Gasteiger partial charge in [0.15, 0.2) is 11.6 Å². The monoisotopic (exact) mass is 1840 g/mol. The quantitative estimate of drug-likeness (QED) is 0.0301. The van der Waals surface area contributed by atoms with Crippen LogP contribution in [-0.2, 0) is 73.5 Å². The molecule has 10 aromatic rings. The van der Waals surface area contributed by atoms with E-state index < -0.39 is 23.2 Å². The van der Waals surface area contributed by atoms with Gasteiger partial charge < -0.3 is 10.2 Å². The number of aliphatic hydroxyl groups is 2. The predicted octanol–water partition coefficient (Wildman–Crippen LogP) is 27.2. The Kier molecular flexibility index (Phi) is 32.7. The molecule has 7 nitrogen and oxygen atoms in total. The molecule has 6 aromatic carbocycles. The Labute approximate surface area is 660 Å². The number of aromatic nitrogens is 3. The summed E-state index contributed by atoms with van der Waals surface area (Å²) in [4.78, 5) is 38.0. The summed E-state index contributed by atoms with van der Waals surface area (Å²) >= 11 is 2.76. The molecule has 0 aliphatic rings. The maximum Gasteiger partial charge on any atom is 0.394 e. The summed E-state index contributed by atoms with van der Waals surface area (Å²) in [5.74, 6) is 1.09. The van der Waals surface area contributed by atoms with Crippen LogP contribution in [0.2, 0.25) is 0 Å². The Morgan fingerprint density at radius 2 is 0.830 bits per heavy atom. The molecule has 0 aliphatic carbocycles. The third-order valence-corrected chi connectivity index (χ3v) is 21.9. The van der Waals surface area contributed by atoms with Crippen LogP contribution in [0.4, 0.5) is 26.3 Å². The first kappa shape index (κ1) is 89.9. The molecule has 0 fully saturated rings. The topological polar surface area (TPSA) is 113 Å². The van der Waals surface area contributed by atoms with Gasteiger partial charge in [-0.25, -0.2) is 4.98 Å². The molecule has 0 spiro atoms. The van der Waals surface area contributed by atoms with Crippen molar-refractivity contribution < 1.29 is 86.4 Å². The van der Waals surface area contributed by atoms with Crippen LogP contribution in [0.5, 0.6) is 0 Å². The molecule has 574 valence electrons. The van der Waals surface area contributed by atoms with Crippen molar-refractivity contribution in [2.75, 3.05) is 0 Å². The predicted molar refractivity (Wildman–Crippen MR) is 424 cm³/mol. The summed E-state index contributed by atoms with van der Waals surface area (Å²) < 4.78 is 82.2. The molecular formula is C89H105F6Ir2N3O4S2-2. The van der Waals surface area contributed by atoms with Crippen LogP contribution in [-0.4, -0.2) is 49.1 Å². The minimum absolute atomic E-state index is 0. The molecule has 106 heavy (non-hydrogen) atoms. The van der Waals surface area contributed by atoms with Crippen molar-refractivity contribution in [3.8, 4) is 44.8 Å². The average molecular weight is 1840 g/mol. The molecule has 0 amide bonds. The molecule has 0 unspecified atom stereocenters. The molecular weight excluding hydrogens is 1740 g/mol. The largest absolute Gasteiger partial charge is 0.512 e. The van der Waals surface area contributed by atoms with E-state index in [-0.39, 0.29) is 111 Å². The number of aliphatic hydroxyl groups excluding tert-OH is 2. The molecule has 10 rings (SSSR count). The van der Waals surface area contributed by atoms with Crippen molar-refractivity contribution in [3.63, 3.8) is 0 Å². The second-order valence-electron chi connectivity index (χ2n) is 30.5. The maximum atomic E-state index is 13.4. The second kappa shape index (κ2) is 38.6. The Hall–Kier alpha value is -6.71. The van der Waals surface area contributed by atoms with E-state index in [1.54, 1.807) is 12.4 Å². The van der Waals surface area contributed by atoms with Gasteiger partial charge >= 0.3 is 12.4 Å². The first-order valence-corrected chi connectivity index (χ1v) is 38.3. The van der Waals surface area contributed by atoms with Gasteiger partial charge in [0, 0.05) is 116 Å². The number of ketones is 2. The van der Waals surface area contributed by atoms with E-state index in [2.05, 4.69) is 129 Å². The Morgan fingerprint density at radius 1 is 0.453 bits per heavy atom. The summed E-state index contributed by atoms with van der Waals surface area (Å²) in [7, 11) is 0. The minimum atomic E-state index is -4.28. The number of fused-ring (bicyclic) bond motifs is 4. The van der Waals surface area contributed by atoms with Crippen LogP contribution in [0, 0.1) is 46.6 Å². The van der Waals surface area contributed by atoms with Gasteiger partial charge in [-0.2, -0.15) is 26.3 Å². The van der Waals surface area contributed by atoms with E-state index in [0.717, 1.165) is 127 Å². The molecule has 4 aromatic heterocycles. The first-order valence-electron chi connectivity index (χ1n) is 36.6. The number of carbonyl (C=O) groups excluding carboxylic acids is 2. The average Bonchev–Trinajstić information content (AvgIpc) is 1.47. The van der Waals surface area contributed by atoms with E-state index in [1.807, 2.05) is 122 Å². The van der Waals surface area contributed by atoms with Crippen LogP contribution in [0.15, 0.2) is 163 Å². The van der Waals surface area contributed by atoms with Crippen LogP contribution >= 0.6 is 22.7 Å². The molecule has 0 aliphatic heterocycles. The van der Waals surface area contributed by atoms with Gasteiger partial charge in [-0.05, 0) is 133 Å². The number of carbonyl (C=O) groups is 2. The molecule has 0 saturated heterocycles. The van der Waals surface area contributed by atoms with Gasteiger partial charge in [0.05, 0.1) is 37.6 Å². The van der Waals surface area contributed by atoms with Gasteiger partial charge in [0.1, 0.15) is 0 Å². The summed E-state index contributed by atoms with van der Waals surface area (Å²) in [5, 5.41) is 25.5. The molecule has 2 N–H and O–H groups in total. The van der Waals surface area contributed by atoms with Crippen molar-refractivity contribution in [2.45, 2.75) is 212 Å². The third-order valence-electron chi connectivity index (χ3n) is 19.8. The van der Waals surface area contributed by atoms with Crippen molar-refractivity contribution in [2.24, 2.45) is 34.5 Å². The van der Waals surface area contributed by atoms with Crippen molar-refractivity contribution >= 4 is 76.1 Å². The third kappa shape index (κ3) is 23.2. The number of hydrogen-bond donors (Lipinski definition) is 2. The summed E-state index contributed by atoms with van der Waals surface area (Å²) in [6, 6.07) is 49.9. The number of rotatable bonds is 22. The second-order valence-corrected chi connectivity index (χ2v) is 32.8. The number of halogens is 6. The number of thiophene rings is 1. The van der Waals surface area contributed by atoms with Gasteiger partial charge in [0.2, 0.25) is 0 Å². The van der Waals surface area contributed by atoms with E-state index in [4.69, 9.17) is 0 Å². The molecule has 0 bridgehead atoms. The SMILES string of the molecule is CC(C)(C)c1cc(-c2cc(-c3ccc4cc(CC(C)(C)C(F)(F)F)sc4c3)ccn2)[c-]c2ccccc12.CC(C)(C)c1cc(-c2cc(-c3ccc4nc(CC(C)(C)C(F)(F)F)sc4c3)ccn2)[c-]c2ccccc12.CCC(CC)C(=O)C=C(O)C(CC)CC.CCC(CC)C(=O)C=C(O)C(CC)CC.[Ir].[Ir]. The minimum Gasteiger partial charge on any atom is -0.512 e. The van der Waals surface area contributed by atoms with E-state index in [1.165, 1.54) is 84.4 Å². The summed E-state index contributed by atoms with van der Waals surface area (Å²) in [6.07, 6.45) is 4.72. The fourth-order valence-electron chi connectivity index (χ4n) is 12.6. The summed E-state index contributed by atoms with van der Waals surface area (Å²) in [6.45, 7) is 34.4. The molecule has 0 saturated carbocycles. The van der Waals surface area contributed by atoms with Crippen LogP contribution in [0.25, 0.3) is 86.6 Å². The molecule has 4 heterocycles. The molecule has 17 heteroatoms. The smallest absolute Gasteiger partial charge is 0.394 e. The fraction of sp³-hybridized carbons (Fsp3) is 0.427. The number of hydrogen-bond acceptors (Lipinski definition) is 9. The molecule has 2 radical (unpaired) electrons. The zero-order valence-electron chi connectivity index (χ0n) is 64.6. The number of alkyl halides is 6. The maximum absolute atomic E-state index is 13.4. The van der Waals surface area contributed by atoms with E-state index >= 15 is 0 Å². The number of benzene rings is 6. The number of thiazole rings is 1. The van der Waals surface area contributed by atoms with Crippen LogP contribution in [0.3, 0.4) is 0 Å². The number of nitrogens with zero attached hydrogens (tertiary/aromatic N) is 3. The standard InChI is InChI=1S/C32H29F3NS.C31H28F3N2S.2C13H24O2.2Ir/c1-30(2,3)27-16-24(14-22-8-6-7-9-26(22)27)28-17-21(12-13-36-28)20-10-11-23-15-25(37-29(23)18-20)19-31(4,5)32(33,34)35;1-29(2,3)24-15-22(14-21-8-6-7-9-23(21)24)26-16-20(12-13-35-26)19-10-11-25-27(17-19)37-28(36-25)18-30(4,5)31(32,33)34;2*1-5-10(6-2)12(14)9-13(15)11(7-3)8-4;;/h6-13,15-18H,19H2,1-5H3;6-13,15-17H,18H2,1-5H3;2*9-11,14H,5-8H2,1-4H3;;/q2*-1;;;;. The van der Waals surface area contributed by atoms with Crippen LogP contribution < -0.4 is 0 Å². The van der Waals surface area contributed by atoms with Gasteiger partial charge in [0.25, 0.3) is 0 Å². The van der Waals surface area contributed by atoms with Gasteiger partial charge in [-0.15, -0.1) is 81.0 Å². The normalized spacial score (nSPS) is 12.6. The van der Waals surface area contributed by atoms with Gasteiger partial charge in [-0.3, -0.25) is 19.6 Å². The fourth-order valence-corrected chi connectivity index (χ4v) is 15.2. The van der Waals surface area contributed by atoms with Gasteiger partial charge in [-0.1, -0.05) is 213 Å². The number of pyridine rings is 2. The first-order chi connectivity index (χ1) is 48.8. The zero-order chi connectivity index (χ0) is 76.9. The van der Waals surface area contributed by atoms with E-state index in [0.29, 0.717) is 10.5 Å². The Balaban J connectivity index is 0.000000274. The van der Waals surface area contributed by atoms with E-state index in [9.17, 15) is 46.1 Å². The van der Waals surface area contributed by atoms with Crippen molar-refractivity contribution in [1.29, 1.82) is 0 Å². The van der Waals surface area contributed by atoms with Crippen molar-refractivity contribution in [1.82, 2.24) is 15.0 Å². The molecule has 0 atom stereocenters. The zero-order valence-corrected chi connectivity index (χ0v) is 71.0. The Morgan fingerprint density at radius 3 is 1.23 bits per heavy atom. The van der Waals surface area contributed by atoms with Crippen LogP contribution in [0.1, 0.15) is 197 Å². The number of allylic oxidation sites excluding steroid dienone is 4.